The molecule has 11 heteroatoms. The van der Waals surface area contributed by atoms with Gasteiger partial charge in [-0.1, -0.05) is 18.2 Å². The van der Waals surface area contributed by atoms with Gasteiger partial charge in [0.25, 0.3) is 5.91 Å². The lowest BCUT2D eigenvalue weighted by molar-refractivity contribution is -0.147. The number of esters is 1. The summed E-state index contributed by atoms with van der Waals surface area (Å²) in [6, 6.07) is 8.02. The second-order valence-corrected chi connectivity index (χ2v) is 8.36. The monoisotopic (exact) mass is 421 g/mol. The van der Waals surface area contributed by atoms with Crippen LogP contribution in [-0.2, 0) is 30.9 Å². The van der Waals surface area contributed by atoms with E-state index in [0.29, 0.717) is 11.5 Å². The molecule has 0 bridgehead atoms. The maximum absolute atomic E-state index is 12.4. The summed E-state index contributed by atoms with van der Waals surface area (Å²) < 4.78 is 30.8. The van der Waals surface area contributed by atoms with E-state index in [9.17, 15) is 18.0 Å². The number of sulfonamides is 1. The molecule has 1 N–H and O–H groups in total. The number of aromatic nitrogens is 2. The molecule has 0 aliphatic rings. The number of benzene rings is 1. The lowest BCUT2D eigenvalue weighted by Gasteiger charge is -2.16. The molecule has 1 aromatic heterocycles. The van der Waals surface area contributed by atoms with E-state index in [2.05, 4.69) is 15.3 Å². The molecular weight excluding hydrogens is 398 g/mol. The first-order valence-electron chi connectivity index (χ1n) is 8.62. The van der Waals surface area contributed by atoms with Gasteiger partial charge in [0.05, 0.1) is 4.90 Å². The summed E-state index contributed by atoms with van der Waals surface area (Å²) in [5.74, 6) is -0.813. The van der Waals surface area contributed by atoms with E-state index in [-0.39, 0.29) is 18.0 Å². The van der Waals surface area contributed by atoms with E-state index in [4.69, 9.17) is 4.74 Å². The molecule has 0 saturated heterocycles. The largest absolute Gasteiger partial charge is 0.454 e. The minimum absolute atomic E-state index is 0.0165. The number of amides is 1. The highest BCUT2D eigenvalue weighted by Gasteiger charge is 2.21. The number of hydrogen-bond acceptors (Lipinski definition) is 8. The van der Waals surface area contributed by atoms with Gasteiger partial charge in [-0.3, -0.25) is 9.59 Å². The van der Waals surface area contributed by atoms with Crippen molar-refractivity contribution in [2.75, 3.05) is 39.2 Å². The number of nitrogens with one attached hydrogen (secondary N) is 1. The molecule has 156 valence electrons. The molecule has 0 aliphatic carbocycles. The van der Waals surface area contributed by atoms with Crippen molar-refractivity contribution in [3.05, 3.63) is 48.3 Å². The summed E-state index contributed by atoms with van der Waals surface area (Å²) in [5.41, 5.74) is 0.432. The van der Waals surface area contributed by atoms with Crippen molar-refractivity contribution in [2.24, 2.45) is 0 Å². The molecule has 0 saturated carbocycles. The fraction of sp³-hybridized carbons (Fsp3) is 0.333. The van der Waals surface area contributed by atoms with Crippen molar-refractivity contribution in [2.45, 2.75) is 11.4 Å². The van der Waals surface area contributed by atoms with E-state index in [0.717, 1.165) is 4.31 Å². The van der Waals surface area contributed by atoms with Gasteiger partial charge in [-0.05, 0) is 17.7 Å². The first-order chi connectivity index (χ1) is 13.7. The number of carbonyl (C=O) groups is 2. The topological polar surface area (TPSA) is 122 Å². The Balaban J connectivity index is 1.86. The Morgan fingerprint density at radius 2 is 1.72 bits per heavy atom. The van der Waals surface area contributed by atoms with E-state index in [1.807, 2.05) is 0 Å². The molecule has 2 aromatic rings. The van der Waals surface area contributed by atoms with Crippen molar-refractivity contribution < 1.29 is 22.7 Å². The lowest BCUT2D eigenvalue weighted by Crippen LogP contribution is -2.33. The number of likely N-dealkylation sites (N-methyl/N-ethyl adjacent to an activating group) is 1. The Morgan fingerprint density at radius 3 is 2.38 bits per heavy atom. The number of anilines is 1. The Labute approximate surface area is 169 Å². The van der Waals surface area contributed by atoms with Crippen molar-refractivity contribution in [3.63, 3.8) is 0 Å². The third-order valence-electron chi connectivity index (χ3n) is 3.83. The fourth-order valence-corrected chi connectivity index (χ4v) is 3.40. The molecule has 0 spiro atoms. The second-order valence-electron chi connectivity index (χ2n) is 6.24. The predicted octanol–water partition coefficient (Wildman–Crippen LogP) is 0.0227. The molecule has 0 radical (unpaired) electrons. The third-order valence-corrected chi connectivity index (χ3v) is 5.75. The van der Waals surface area contributed by atoms with Crippen LogP contribution in [0.4, 0.5) is 5.95 Å². The van der Waals surface area contributed by atoms with Crippen LogP contribution in [0, 0.1) is 0 Å². The fourth-order valence-electron chi connectivity index (χ4n) is 2.29. The van der Waals surface area contributed by atoms with Crippen LogP contribution < -0.4 is 10.2 Å². The highest BCUT2D eigenvalue weighted by molar-refractivity contribution is 7.89. The van der Waals surface area contributed by atoms with Gasteiger partial charge in [0, 0.05) is 40.1 Å². The summed E-state index contributed by atoms with van der Waals surface area (Å²) in [6.45, 7) is -0.622. The van der Waals surface area contributed by atoms with Crippen LogP contribution in [0.5, 0.6) is 0 Å². The standard InChI is InChI=1S/C18H23N5O5S/c1-22(2)29(26,27)15-8-5-4-7-14(15)11-21-16(24)13-28-17(25)12-23(3)18-19-9-6-10-20-18/h4-10H,11-13H2,1-3H3,(H,21,24). The molecule has 29 heavy (non-hydrogen) atoms. The zero-order chi connectivity index (χ0) is 21.4. The van der Waals surface area contributed by atoms with Crippen LogP contribution >= 0.6 is 0 Å². The number of ether oxygens (including phenoxy) is 1. The Morgan fingerprint density at radius 1 is 1.07 bits per heavy atom. The third kappa shape index (κ3) is 6.22. The highest BCUT2D eigenvalue weighted by atomic mass is 32.2. The predicted molar refractivity (Wildman–Crippen MR) is 105 cm³/mol. The molecule has 1 amide bonds. The van der Waals surface area contributed by atoms with Gasteiger partial charge in [0.15, 0.2) is 6.61 Å². The van der Waals surface area contributed by atoms with Crippen LogP contribution in [0.2, 0.25) is 0 Å². The average molecular weight is 421 g/mol. The highest BCUT2D eigenvalue weighted by Crippen LogP contribution is 2.18. The normalized spacial score (nSPS) is 11.2. The summed E-state index contributed by atoms with van der Waals surface area (Å²) >= 11 is 0. The first kappa shape index (κ1) is 22.2. The Kier molecular flexibility index (Phi) is 7.62. The van der Waals surface area contributed by atoms with Crippen molar-refractivity contribution in [1.82, 2.24) is 19.6 Å². The molecule has 0 unspecified atom stereocenters. The molecule has 1 heterocycles. The number of rotatable bonds is 9. The molecule has 0 aliphatic heterocycles. The van der Waals surface area contributed by atoms with Crippen molar-refractivity contribution >= 4 is 27.8 Å². The molecule has 2 rings (SSSR count). The van der Waals surface area contributed by atoms with Gasteiger partial charge in [-0.2, -0.15) is 0 Å². The van der Waals surface area contributed by atoms with Gasteiger partial charge in [0.1, 0.15) is 6.54 Å². The Bertz CT molecular complexity index is 950. The first-order valence-corrected chi connectivity index (χ1v) is 10.1. The smallest absolute Gasteiger partial charge is 0.326 e. The zero-order valence-corrected chi connectivity index (χ0v) is 17.2. The maximum Gasteiger partial charge on any atom is 0.326 e. The maximum atomic E-state index is 12.4. The van der Waals surface area contributed by atoms with E-state index >= 15 is 0 Å². The van der Waals surface area contributed by atoms with Crippen LogP contribution in [0.25, 0.3) is 0 Å². The quantitative estimate of drug-likeness (QED) is 0.563. The summed E-state index contributed by atoms with van der Waals surface area (Å²) in [4.78, 5) is 33.5. The Hall–Kier alpha value is -3.05. The molecular formula is C18H23N5O5S. The van der Waals surface area contributed by atoms with Crippen molar-refractivity contribution in [1.29, 1.82) is 0 Å². The number of hydrogen-bond donors (Lipinski definition) is 1. The lowest BCUT2D eigenvalue weighted by atomic mass is 10.2. The van der Waals surface area contributed by atoms with Crippen molar-refractivity contribution in [3.8, 4) is 0 Å². The summed E-state index contributed by atoms with van der Waals surface area (Å²) in [6.07, 6.45) is 3.10. The SMILES string of the molecule is CN(CC(=O)OCC(=O)NCc1ccccc1S(=O)(=O)N(C)C)c1ncccn1. The number of carbonyl (C=O) groups excluding carboxylic acids is 2. The van der Waals surface area contributed by atoms with Gasteiger partial charge in [0.2, 0.25) is 16.0 Å². The minimum Gasteiger partial charge on any atom is -0.454 e. The van der Waals surface area contributed by atoms with Crippen LogP contribution in [0.3, 0.4) is 0 Å². The minimum atomic E-state index is -3.64. The van der Waals surface area contributed by atoms with Crippen LogP contribution in [0.1, 0.15) is 5.56 Å². The average Bonchev–Trinajstić information content (AvgIpc) is 2.71. The molecule has 0 fully saturated rings. The zero-order valence-electron chi connectivity index (χ0n) is 16.4. The van der Waals surface area contributed by atoms with Gasteiger partial charge in [-0.25, -0.2) is 22.7 Å². The van der Waals surface area contributed by atoms with Gasteiger partial charge >= 0.3 is 5.97 Å². The molecule has 10 nitrogen and oxygen atoms in total. The summed E-state index contributed by atoms with van der Waals surface area (Å²) in [7, 11) is 0.846. The van der Waals surface area contributed by atoms with Crippen LogP contribution in [0.15, 0.2) is 47.6 Å². The van der Waals surface area contributed by atoms with E-state index in [1.54, 1.807) is 43.7 Å². The second kappa shape index (κ2) is 9.94. The van der Waals surface area contributed by atoms with Gasteiger partial charge < -0.3 is 15.0 Å². The number of nitrogens with zero attached hydrogens (tertiary/aromatic N) is 4. The molecule has 1 aromatic carbocycles. The molecule has 0 atom stereocenters. The van der Waals surface area contributed by atoms with E-state index in [1.165, 1.54) is 25.1 Å². The van der Waals surface area contributed by atoms with Gasteiger partial charge in [-0.15, -0.1) is 0 Å². The van der Waals surface area contributed by atoms with E-state index < -0.39 is 28.5 Å². The van der Waals surface area contributed by atoms with Crippen LogP contribution in [-0.4, -0.2) is 68.9 Å². The summed E-state index contributed by atoms with van der Waals surface area (Å²) in [5, 5.41) is 2.55.